The number of aliphatic hydroxyl groups is 1. The maximum absolute atomic E-state index is 9.38. The Morgan fingerprint density at radius 2 is 2.18 bits per heavy atom. The van der Waals surface area contributed by atoms with Gasteiger partial charge in [0.2, 0.25) is 0 Å². The Morgan fingerprint density at radius 1 is 1.47 bits per heavy atom. The van der Waals surface area contributed by atoms with Gasteiger partial charge in [0.15, 0.2) is 0 Å². The van der Waals surface area contributed by atoms with Gasteiger partial charge in [-0.3, -0.25) is 0 Å². The second kappa shape index (κ2) is 4.38. The topological polar surface area (TPSA) is 46.2 Å². The number of nitrogens with two attached hydrogens (primary N) is 1. The van der Waals surface area contributed by atoms with Gasteiger partial charge in [0.1, 0.15) is 0 Å². The molecule has 0 saturated carbocycles. The third-order valence-corrected chi connectivity index (χ3v) is 4.95. The second-order valence-electron chi connectivity index (χ2n) is 5.54. The number of rotatable bonds is 3. The van der Waals surface area contributed by atoms with Crippen LogP contribution in [0.1, 0.15) is 37.8 Å². The number of fused-ring (bicyclic) bond motifs is 1. The van der Waals surface area contributed by atoms with Crippen LogP contribution < -0.4 is 5.73 Å². The highest BCUT2D eigenvalue weighted by molar-refractivity contribution is 9.10. The number of hydrogen-bond donors (Lipinski definition) is 2. The fourth-order valence-electron chi connectivity index (χ4n) is 3.18. The fourth-order valence-corrected chi connectivity index (χ4v) is 3.74. The Bertz CT molecular complexity index is 425. The van der Waals surface area contributed by atoms with E-state index in [-0.39, 0.29) is 17.6 Å². The highest BCUT2D eigenvalue weighted by atomic mass is 79.9. The van der Waals surface area contributed by atoms with Crippen LogP contribution in [-0.2, 0) is 11.8 Å². The van der Waals surface area contributed by atoms with Crippen molar-refractivity contribution in [2.75, 3.05) is 6.61 Å². The molecule has 0 aromatic heterocycles. The molecule has 17 heavy (non-hydrogen) atoms. The summed E-state index contributed by atoms with van der Waals surface area (Å²) in [5.74, 6) is 0. The molecule has 1 aromatic rings. The van der Waals surface area contributed by atoms with E-state index in [9.17, 15) is 5.11 Å². The molecule has 0 saturated heterocycles. The monoisotopic (exact) mass is 297 g/mol. The quantitative estimate of drug-likeness (QED) is 0.901. The predicted octanol–water partition coefficient (Wildman–Crippen LogP) is 2.75. The van der Waals surface area contributed by atoms with E-state index in [4.69, 9.17) is 5.73 Å². The van der Waals surface area contributed by atoms with Crippen LogP contribution in [0, 0.1) is 0 Å². The first-order chi connectivity index (χ1) is 7.92. The van der Waals surface area contributed by atoms with Crippen molar-refractivity contribution < 1.29 is 5.11 Å². The molecule has 0 heterocycles. The van der Waals surface area contributed by atoms with Gasteiger partial charge in [-0.15, -0.1) is 0 Å². The molecule has 0 amide bonds. The largest absolute Gasteiger partial charge is 0.396 e. The summed E-state index contributed by atoms with van der Waals surface area (Å²) < 4.78 is 1.17. The highest BCUT2D eigenvalue weighted by Crippen LogP contribution is 2.49. The second-order valence-corrected chi connectivity index (χ2v) is 6.40. The van der Waals surface area contributed by atoms with Gasteiger partial charge in [-0.05, 0) is 50.3 Å². The zero-order valence-corrected chi connectivity index (χ0v) is 12.0. The molecule has 1 unspecified atom stereocenters. The predicted molar refractivity (Wildman–Crippen MR) is 74.1 cm³/mol. The van der Waals surface area contributed by atoms with Crippen molar-refractivity contribution in [3.63, 3.8) is 0 Å². The summed E-state index contributed by atoms with van der Waals surface area (Å²) in [6.45, 7) is 4.32. The van der Waals surface area contributed by atoms with E-state index in [1.807, 2.05) is 0 Å². The zero-order valence-electron chi connectivity index (χ0n) is 10.5. The molecule has 1 aromatic carbocycles. The van der Waals surface area contributed by atoms with Gasteiger partial charge < -0.3 is 10.8 Å². The smallest absolute Gasteiger partial charge is 0.0440 e. The lowest BCUT2D eigenvalue weighted by Gasteiger charge is -2.42. The lowest BCUT2D eigenvalue weighted by molar-refractivity contribution is 0.175. The first-order valence-electron chi connectivity index (χ1n) is 6.10. The van der Waals surface area contributed by atoms with Crippen LogP contribution in [0.25, 0.3) is 0 Å². The van der Waals surface area contributed by atoms with Crippen LogP contribution in [0.3, 0.4) is 0 Å². The molecule has 1 aliphatic carbocycles. The van der Waals surface area contributed by atoms with Gasteiger partial charge in [0.25, 0.3) is 0 Å². The molecular weight excluding hydrogens is 278 g/mol. The van der Waals surface area contributed by atoms with Crippen LogP contribution in [0.5, 0.6) is 0 Å². The first kappa shape index (κ1) is 13.1. The van der Waals surface area contributed by atoms with Crippen LogP contribution >= 0.6 is 15.9 Å². The Labute approximate surface area is 111 Å². The molecule has 2 rings (SSSR count). The molecule has 0 fully saturated rings. The number of halogens is 1. The van der Waals surface area contributed by atoms with Gasteiger partial charge in [0, 0.05) is 22.0 Å². The third kappa shape index (κ3) is 1.94. The maximum atomic E-state index is 9.38. The molecule has 0 aliphatic heterocycles. The number of hydrogen-bond acceptors (Lipinski definition) is 2. The number of aliphatic hydroxyl groups excluding tert-OH is 1. The van der Waals surface area contributed by atoms with E-state index in [1.54, 1.807) is 0 Å². The summed E-state index contributed by atoms with van der Waals surface area (Å²) in [6.07, 6.45) is 2.80. The van der Waals surface area contributed by atoms with Crippen molar-refractivity contribution in [3.05, 3.63) is 33.8 Å². The molecule has 3 heteroatoms. The summed E-state index contributed by atoms with van der Waals surface area (Å²) in [7, 11) is 0. The standard InChI is InChI=1S/C14H20BrNO/c1-13(2,16)14(8-9-17)7-6-10-11(14)4-3-5-12(10)15/h3-5,17H,6-9,16H2,1-2H3. The van der Waals surface area contributed by atoms with Gasteiger partial charge in [0.05, 0.1) is 0 Å². The SMILES string of the molecule is CC(C)(N)C1(CCO)CCc2c(Br)cccc21. The Balaban J connectivity index is 2.57. The van der Waals surface area contributed by atoms with Gasteiger partial charge in [-0.2, -0.15) is 0 Å². The van der Waals surface area contributed by atoms with E-state index in [0.29, 0.717) is 0 Å². The Morgan fingerprint density at radius 3 is 2.76 bits per heavy atom. The highest BCUT2D eigenvalue weighted by Gasteiger charge is 2.47. The van der Waals surface area contributed by atoms with Gasteiger partial charge in [-0.25, -0.2) is 0 Å². The fraction of sp³-hybridized carbons (Fsp3) is 0.571. The van der Waals surface area contributed by atoms with Crippen LogP contribution in [0.2, 0.25) is 0 Å². The average molecular weight is 298 g/mol. The average Bonchev–Trinajstić information content (AvgIpc) is 2.60. The molecule has 0 bridgehead atoms. The minimum absolute atomic E-state index is 0.0964. The Kier molecular flexibility index (Phi) is 3.36. The third-order valence-electron chi connectivity index (χ3n) is 4.21. The first-order valence-corrected chi connectivity index (χ1v) is 6.89. The molecule has 0 spiro atoms. The minimum atomic E-state index is -0.318. The minimum Gasteiger partial charge on any atom is -0.396 e. The van der Waals surface area contributed by atoms with E-state index in [0.717, 1.165) is 19.3 Å². The molecule has 0 radical (unpaired) electrons. The van der Waals surface area contributed by atoms with E-state index >= 15 is 0 Å². The summed E-state index contributed by atoms with van der Waals surface area (Å²) in [6, 6.07) is 6.31. The van der Waals surface area contributed by atoms with Gasteiger partial charge in [-0.1, -0.05) is 28.1 Å². The van der Waals surface area contributed by atoms with Crippen molar-refractivity contribution in [1.29, 1.82) is 0 Å². The zero-order chi connectivity index (χ0) is 12.7. The van der Waals surface area contributed by atoms with Gasteiger partial charge >= 0.3 is 0 Å². The van der Waals surface area contributed by atoms with Crippen molar-refractivity contribution >= 4 is 15.9 Å². The van der Waals surface area contributed by atoms with Crippen molar-refractivity contribution in [1.82, 2.24) is 0 Å². The van der Waals surface area contributed by atoms with Crippen molar-refractivity contribution in [2.45, 2.75) is 44.1 Å². The maximum Gasteiger partial charge on any atom is 0.0440 e. The molecular formula is C14H20BrNO. The van der Waals surface area contributed by atoms with E-state index < -0.39 is 0 Å². The van der Waals surface area contributed by atoms with Crippen LogP contribution in [0.4, 0.5) is 0 Å². The summed E-state index contributed by atoms with van der Waals surface area (Å²) in [4.78, 5) is 0. The summed E-state index contributed by atoms with van der Waals surface area (Å²) in [5.41, 5.74) is 8.66. The molecule has 1 atom stereocenters. The summed E-state index contributed by atoms with van der Waals surface area (Å²) >= 11 is 3.61. The molecule has 1 aliphatic rings. The van der Waals surface area contributed by atoms with Crippen LogP contribution in [0.15, 0.2) is 22.7 Å². The lowest BCUT2D eigenvalue weighted by atomic mass is 9.66. The van der Waals surface area contributed by atoms with Crippen molar-refractivity contribution in [2.24, 2.45) is 5.73 Å². The molecule has 2 nitrogen and oxygen atoms in total. The normalized spacial score (nSPS) is 23.8. The van der Waals surface area contributed by atoms with E-state index in [1.165, 1.54) is 15.6 Å². The van der Waals surface area contributed by atoms with Crippen molar-refractivity contribution in [3.8, 4) is 0 Å². The summed E-state index contributed by atoms with van der Waals surface area (Å²) in [5, 5.41) is 9.38. The van der Waals surface area contributed by atoms with E-state index in [2.05, 4.69) is 48.0 Å². The number of benzene rings is 1. The van der Waals surface area contributed by atoms with Crippen LogP contribution in [-0.4, -0.2) is 17.3 Å². The lowest BCUT2D eigenvalue weighted by Crippen LogP contribution is -2.53. The molecule has 94 valence electrons. The Hall–Kier alpha value is -0.380. The molecule has 3 N–H and O–H groups in total.